The summed E-state index contributed by atoms with van der Waals surface area (Å²) >= 11 is 0. The average Bonchev–Trinajstić information content (AvgIpc) is 3.05. The molecule has 1 aliphatic carbocycles. The predicted molar refractivity (Wildman–Crippen MR) is 90.0 cm³/mol. The number of nitrogens with one attached hydrogen (secondary N) is 2. The molecule has 24 heavy (non-hydrogen) atoms. The van der Waals surface area contributed by atoms with Crippen LogP contribution in [0.15, 0.2) is 12.4 Å². The number of imidazole rings is 1. The van der Waals surface area contributed by atoms with Gasteiger partial charge < -0.3 is 15.2 Å². The van der Waals surface area contributed by atoms with Gasteiger partial charge in [0.2, 0.25) is 11.8 Å². The summed E-state index contributed by atoms with van der Waals surface area (Å²) in [6, 6.07) is -0.181. The van der Waals surface area contributed by atoms with Crippen LogP contribution in [0.2, 0.25) is 0 Å². The molecule has 0 radical (unpaired) electrons. The molecular weight excluding hydrogens is 306 g/mol. The lowest BCUT2D eigenvalue weighted by Gasteiger charge is -2.26. The molecule has 2 aliphatic rings. The summed E-state index contributed by atoms with van der Waals surface area (Å²) in [5, 5.41) is 6.05. The van der Waals surface area contributed by atoms with E-state index in [1.807, 2.05) is 24.7 Å². The van der Waals surface area contributed by atoms with Gasteiger partial charge in [0, 0.05) is 44.5 Å². The van der Waals surface area contributed by atoms with Crippen molar-refractivity contribution in [3.05, 3.63) is 18.2 Å². The molecule has 7 heteroatoms. The Morgan fingerprint density at radius 3 is 2.71 bits per heavy atom. The van der Waals surface area contributed by atoms with Crippen molar-refractivity contribution in [2.45, 2.75) is 51.2 Å². The monoisotopic (exact) mass is 333 g/mol. The zero-order chi connectivity index (χ0) is 17.1. The Kier molecular flexibility index (Phi) is 5.18. The van der Waals surface area contributed by atoms with Crippen LogP contribution in [0.25, 0.3) is 0 Å². The van der Waals surface area contributed by atoms with E-state index in [-0.39, 0.29) is 29.8 Å². The van der Waals surface area contributed by atoms with Gasteiger partial charge in [-0.1, -0.05) is 6.42 Å². The van der Waals surface area contributed by atoms with Gasteiger partial charge in [0.1, 0.15) is 5.82 Å². The van der Waals surface area contributed by atoms with Crippen molar-refractivity contribution in [3.8, 4) is 0 Å². The Hall–Kier alpha value is -1.89. The number of carbonyl (C=O) groups is 2. The van der Waals surface area contributed by atoms with Crippen LogP contribution >= 0.6 is 0 Å². The Labute approximate surface area is 142 Å². The SMILES string of the molecule is CCNC(=O)[C@@H]1C[C@@H](NC(=O)C2CCC2)CN1Cc1nccn1C. The fraction of sp³-hybridized carbons (Fsp3) is 0.706. The summed E-state index contributed by atoms with van der Waals surface area (Å²) in [7, 11) is 1.95. The number of carbonyl (C=O) groups excluding carboxylic acids is 2. The maximum atomic E-state index is 12.4. The van der Waals surface area contributed by atoms with Gasteiger partial charge >= 0.3 is 0 Å². The predicted octanol–water partition coefficient (Wildman–Crippen LogP) is 0.415. The number of aryl methyl sites for hydroxylation is 1. The van der Waals surface area contributed by atoms with E-state index < -0.39 is 0 Å². The molecule has 1 aromatic rings. The second kappa shape index (κ2) is 7.34. The molecule has 7 nitrogen and oxygen atoms in total. The van der Waals surface area contributed by atoms with Gasteiger partial charge in [-0.2, -0.15) is 0 Å². The minimum Gasteiger partial charge on any atom is -0.355 e. The number of aromatic nitrogens is 2. The summed E-state index contributed by atoms with van der Waals surface area (Å²) < 4.78 is 1.97. The third-order valence-electron chi connectivity index (χ3n) is 5.14. The zero-order valence-corrected chi connectivity index (χ0v) is 14.5. The molecule has 3 rings (SSSR count). The van der Waals surface area contributed by atoms with Crippen LogP contribution < -0.4 is 10.6 Å². The summed E-state index contributed by atoms with van der Waals surface area (Å²) in [5.74, 6) is 1.29. The second-order valence-corrected chi connectivity index (χ2v) is 6.86. The van der Waals surface area contributed by atoms with Crippen molar-refractivity contribution in [1.29, 1.82) is 0 Å². The Morgan fingerprint density at radius 1 is 1.33 bits per heavy atom. The van der Waals surface area contributed by atoms with Crippen LogP contribution in [0.3, 0.4) is 0 Å². The van der Waals surface area contributed by atoms with Gasteiger partial charge in [-0.15, -0.1) is 0 Å². The number of likely N-dealkylation sites (N-methyl/N-ethyl adjacent to an activating group) is 1. The highest BCUT2D eigenvalue weighted by atomic mass is 16.2. The molecule has 1 aliphatic heterocycles. The minimum absolute atomic E-state index is 0.0333. The highest BCUT2D eigenvalue weighted by molar-refractivity contribution is 5.83. The number of likely N-dealkylation sites (tertiary alicyclic amines) is 1. The normalized spacial score (nSPS) is 24.6. The molecule has 132 valence electrons. The highest BCUT2D eigenvalue weighted by Crippen LogP contribution is 2.27. The smallest absolute Gasteiger partial charge is 0.237 e. The van der Waals surface area contributed by atoms with Crippen molar-refractivity contribution in [3.63, 3.8) is 0 Å². The van der Waals surface area contributed by atoms with Gasteiger partial charge in [0.15, 0.2) is 0 Å². The zero-order valence-electron chi connectivity index (χ0n) is 14.5. The summed E-state index contributed by atoms with van der Waals surface area (Å²) in [6.45, 7) is 3.84. The lowest BCUT2D eigenvalue weighted by Crippen LogP contribution is -2.43. The van der Waals surface area contributed by atoms with E-state index in [1.165, 1.54) is 0 Å². The maximum absolute atomic E-state index is 12.4. The van der Waals surface area contributed by atoms with Crippen LogP contribution in [0.4, 0.5) is 0 Å². The van der Waals surface area contributed by atoms with E-state index in [0.29, 0.717) is 26.1 Å². The van der Waals surface area contributed by atoms with Crippen LogP contribution in [0.5, 0.6) is 0 Å². The molecule has 2 N–H and O–H groups in total. The van der Waals surface area contributed by atoms with E-state index >= 15 is 0 Å². The fourth-order valence-electron chi connectivity index (χ4n) is 3.47. The van der Waals surface area contributed by atoms with Crippen LogP contribution in [0.1, 0.15) is 38.4 Å². The first-order chi connectivity index (χ1) is 11.6. The molecule has 0 aromatic carbocycles. The number of amides is 2. The first kappa shape index (κ1) is 17.0. The van der Waals surface area contributed by atoms with Gasteiger partial charge in [0.25, 0.3) is 0 Å². The first-order valence-electron chi connectivity index (χ1n) is 8.86. The number of hydrogen-bond acceptors (Lipinski definition) is 4. The summed E-state index contributed by atoms with van der Waals surface area (Å²) in [5.41, 5.74) is 0. The van der Waals surface area contributed by atoms with Crippen molar-refractivity contribution in [1.82, 2.24) is 25.1 Å². The largest absolute Gasteiger partial charge is 0.355 e. The molecule has 0 unspecified atom stereocenters. The van der Waals surface area contributed by atoms with Crippen molar-refractivity contribution < 1.29 is 9.59 Å². The van der Waals surface area contributed by atoms with E-state index in [2.05, 4.69) is 20.5 Å². The molecule has 1 aromatic heterocycles. The third kappa shape index (κ3) is 3.61. The molecule has 2 atom stereocenters. The molecular formula is C17H27N5O2. The highest BCUT2D eigenvalue weighted by Gasteiger charge is 2.38. The average molecular weight is 333 g/mol. The Balaban J connectivity index is 1.65. The van der Waals surface area contributed by atoms with Crippen LogP contribution in [0, 0.1) is 5.92 Å². The molecule has 2 heterocycles. The van der Waals surface area contributed by atoms with Crippen LogP contribution in [-0.2, 0) is 23.2 Å². The molecule has 0 bridgehead atoms. The number of rotatable bonds is 6. The van der Waals surface area contributed by atoms with Crippen molar-refractivity contribution in [2.75, 3.05) is 13.1 Å². The van der Waals surface area contributed by atoms with E-state index in [4.69, 9.17) is 0 Å². The molecule has 0 spiro atoms. The van der Waals surface area contributed by atoms with Crippen molar-refractivity contribution in [2.24, 2.45) is 13.0 Å². The topological polar surface area (TPSA) is 79.3 Å². The summed E-state index contributed by atoms with van der Waals surface area (Å²) in [4.78, 5) is 31.1. The quantitative estimate of drug-likeness (QED) is 0.791. The van der Waals surface area contributed by atoms with Gasteiger partial charge in [0.05, 0.1) is 12.6 Å². The lowest BCUT2D eigenvalue weighted by molar-refractivity contribution is -0.128. The first-order valence-corrected chi connectivity index (χ1v) is 8.86. The molecule has 1 saturated heterocycles. The van der Waals surface area contributed by atoms with E-state index in [0.717, 1.165) is 25.1 Å². The van der Waals surface area contributed by atoms with E-state index in [9.17, 15) is 9.59 Å². The number of hydrogen-bond donors (Lipinski definition) is 2. The Morgan fingerprint density at radius 2 is 2.12 bits per heavy atom. The third-order valence-corrected chi connectivity index (χ3v) is 5.14. The number of nitrogens with zero attached hydrogens (tertiary/aromatic N) is 3. The van der Waals surface area contributed by atoms with E-state index in [1.54, 1.807) is 6.20 Å². The van der Waals surface area contributed by atoms with Gasteiger partial charge in [-0.05, 0) is 26.2 Å². The fourth-order valence-corrected chi connectivity index (χ4v) is 3.47. The molecule has 2 fully saturated rings. The molecule has 2 amide bonds. The van der Waals surface area contributed by atoms with Gasteiger partial charge in [-0.3, -0.25) is 14.5 Å². The molecule has 1 saturated carbocycles. The lowest BCUT2D eigenvalue weighted by atomic mass is 9.84. The maximum Gasteiger partial charge on any atom is 0.237 e. The second-order valence-electron chi connectivity index (χ2n) is 6.86. The standard InChI is InChI=1S/C17H27N5O2/c1-3-18-17(24)14-9-13(20-16(23)12-5-4-6-12)10-22(14)11-15-19-7-8-21(15)2/h7-8,12-14H,3-6,9-11H2,1-2H3,(H,18,24)(H,20,23)/t13-,14+/m1/s1. The van der Waals surface area contributed by atoms with Gasteiger partial charge in [-0.25, -0.2) is 4.98 Å². The van der Waals surface area contributed by atoms with Crippen molar-refractivity contribution >= 4 is 11.8 Å². The Bertz CT molecular complexity index is 596. The minimum atomic E-state index is -0.214. The summed E-state index contributed by atoms with van der Waals surface area (Å²) in [6.07, 6.45) is 7.47. The van der Waals surface area contributed by atoms with Crippen LogP contribution in [-0.4, -0.2) is 51.4 Å².